The van der Waals surface area contributed by atoms with Gasteiger partial charge in [-0.3, -0.25) is 9.59 Å². The lowest BCUT2D eigenvalue weighted by Gasteiger charge is -2.17. The summed E-state index contributed by atoms with van der Waals surface area (Å²) in [4.78, 5) is 22.5. The molecule has 0 saturated heterocycles. The molecule has 0 saturated carbocycles. The van der Waals surface area contributed by atoms with Crippen molar-refractivity contribution in [1.29, 1.82) is 0 Å². The van der Waals surface area contributed by atoms with Crippen LogP contribution in [0.5, 0.6) is 0 Å². The Hall–Kier alpha value is -2.09. The van der Waals surface area contributed by atoms with Gasteiger partial charge in [0.25, 0.3) is 5.91 Å². The Morgan fingerprint density at radius 2 is 1.86 bits per heavy atom. The molecule has 1 unspecified atom stereocenters. The monoisotopic (exact) mass is 304 g/mol. The summed E-state index contributed by atoms with van der Waals surface area (Å²) in [6, 6.07) is 3.10. The average Bonchev–Trinajstić information content (AvgIpc) is 2.37. The summed E-state index contributed by atoms with van der Waals surface area (Å²) >= 11 is 0. The van der Waals surface area contributed by atoms with E-state index in [0.29, 0.717) is 0 Å². The largest absolute Gasteiger partial charge is 0.418 e. The number of hydrogen-bond acceptors (Lipinski definition) is 3. The molecule has 0 fully saturated rings. The molecule has 5 nitrogen and oxygen atoms in total. The summed E-state index contributed by atoms with van der Waals surface area (Å²) in [7, 11) is 1.27. The molecule has 0 radical (unpaired) electrons. The Morgan fingerprint density at radius 1 is 1.24 bits per heavy atom. The number of methoxy groups -OCH3 is 1. The smallest absolute Gasteiger partial charge is 0.372 e. The third-order valence-corrected chi connectivity index (χ3v) is 2.63. The summed E-state index contributed by atoms with van der Waals surface area (Å²) in [5.74, 6) is -1.19. The Kier molecular flexibility index (Phi) is 5.31. The number of benzene rings is 1. The van der Waals surface area contributed by atoms with Gasteiger partial charge in [-0.2, -0.15) is 13.2 Å². The fourth-order valence-electron chi connectivity index (χ4n) is 1.51. The van der Waals surface area contributed by atoms with Crippen LogP contribution in [0.15, 0.2) is 18.2 Å². The van der Waals surface area contributed by atoms with Gasteiger partial charge in [-0.25, -0.2) is 0 Å². The number of halogens is 3. The summed E-state index contributed by atoms with van der Waals surface area (Å²) in [6.07, 6.45) is -5.56. The Balaban J connectivity index is 3.14. The van der Waals surface area contributed by atoms with Crippen LogP contribution in [0.2, 0.25) is 0 Å². The van der Waals surface area contributed by atoms with Crippen molar-refractivity contribution in [3.63, 3.8) is 0 Å². The lowest BCUT2D eigenvalue weighted by molar-refractivity contribution is -0.137. The highest BCUT2D eigenvalue weighted by Gasteiger charge is 2.34. The molecule has 1 aromatic carbocycles. The summed E-state index contributed by atoms with van der Waals surface area (Å²) in [6.45, 7) is 2.59. The first kappa shape index (κ1) is 17.0. The first-order chi connectivity index (χ1) is 9.65. The van der Waals surface area contributed by atoms with Gasteiger partial charge in [-0.1, -0.05) is 0 Å². The Bertz CT molecular complexity index is 544. The topological polar surface area (TPSA) is 67.4 Å². The number of anilines is 2. The third-order valence-electron chi connectivity index (χ3n) is 2.63. The molecule has 0 aliphatic carbocycles. The second-order valence-electron chi connectivity index (χ2n) is 4.31. The van der Waals surface area contributed by atoms with Crippen LogP contribution in [-0.4, -0.2) is 25.0 Å². The van der Waals surface area contributed by atoms with E-state index in [-0.39, 0.29) is 5.69 Å². The van der Waals surface area contributed by atoms with Crippen LogP contribution in [0.1, 0.15) is 19.4 Å². The molecule has 0 aliphatic rings. The molecule has 2 N–H and O–H groups in total. The van der Waals surface area contributed by atoms with Crippen LogP contribution in [0, 0.1) is 0 Å². The zero-order chi connectivity index (χ0) is 16.2. The first-order valence-electron chi connectivity index (χ1n) is 5.97. The zero-order valence-corrected chi connectivity index (χ0v) is 11.7. The second kappa shape index (κ2) is 6.57. The molecule has 2 amide bonds. The molecular formula is C13H15F3N2O3. The zero-order valence-electron chi connectivity index (χ0n) is 11.7. The normalized spacial score (nSPS) is 12.7. The fourth-order valence-corrected chi connectivity index (χ4v) is 1.51. The number of ether oxygens (including phenoxy) is 1. The van der Waals surface area contributed by atoms with Crippen LogP contribution >= 0.6 is 0 Å². The maximum atomic E-state index is 13.0. The summed E-state index contributed by atoms with van der Waals surface area (Å²) < 4.78 is 43.7. The summed E-state index contributed by atoms with van der Waals surface area (Å²) in [5.41, 5.74) is -1.46. The lowest BCUT2D eigenvalue weighted by Crippen LogP contribution is -2.27. The minimum Gasteiger partial charge on any atom is -0.372 e. The average molecular weight is 304 g/mol. The van der Waals surface area contributed by atoms with Crippen molar-refractivity contribution in [3.05, 3.63) is 23.8 Å². The highest BCUT2D eigenvalue weighted by molar-refractivity contribution is 5.95. The fraction of sp³-hybridized carbons (Fsp3) is 0.385. The number of hydrogen-bond donors (Lipinski definition) is 2. The van der Waals surface area contributed by atoms with E-state index in [1.165, 1.54) is 27.0 Å². The van der Waals surface area contributed by atoms with E-state index in [4.69, 9.17) is 4.74 Å². The van der Waals surface area contributed by atoms with Crippen LogP contribution in [0.4, 0.5) is 24.5 Å². The van der Waals surface area contributed by atoms with Crippen LogP contribution < -0.4 is 10.6 Å². The number of amides is 2. The predicted molar refractivity (Wildman–Crippen MR) is 70.8 cm³/mol. The first-order valence-corrected chi connectivity index (χ1v) is 5.97. The predicted octanol–water partition coefficient (Wildman–Crippen LogP) is 2.64. The molecule has 116 valence electrons. The third kappa shape index (κ3) is 4.75. The van der Waals surface area contributed by atoms with E-state index < -0.39 is 35.3 Å². The maximum Gasteiger partial charge on any atom is 0.418 e. The van der Waals surface area contributed by atoms with Crippen molar-refractivity contribution in [1.82, 2.24) is 0 Å². The number of alkyl halides is 3. The molecule has 8 heteroatoms. The number of nitrogens with one attached hydrogen (secondary N) is 2. The standard InChI is InChI=1S/C13H15F3N2O3/c1-7(21-3)12(20)18-11-5-4-9(17-8(2)19)6-10(11)13(14,15)16/h4-7H,1-3H3,(H,17,19)(H,18,20). The quantitative estimate of drug-likeness (QED) is 0.898. The van der Waals surface area contributed by atoms with E-state index in [0.717, 1.165) is 12.1 Å². The van der Waals surface area contributed by atoms with Gasteiger partial charge >= 0.3 is 6.18 Å². The van der Waals surface area contributed by atoms with Gasteiger partial charge < -0.3 is 15.4 Å². The maximum absolute atomic E-state index is 13.0. The Labute approximate surface area is 119 Å². The minimum absolute atomic E-state index is 0.00684. The van der Waals surface area contributed by atoms with Gasteiger partial charge in [0.15, 0.2) is 0 Å². The van der Waals surface area contributed by atoms with Gasteiger partial charge in [0.05, 0.1) is 11.3 Å². The van der Waals surface area contributed by atoms with Gasteiger partial charge in [-0.15, -0.1) is 0 Å². The highest BCUT2D eigenvalue weighted by Crippen LogP contribution is 2.36. The minimum atomic E-state index is -4.67. The molecule has 0 spiro atoms. The molecule has 1 aromatic rings. The van der Waals surface area contributed by atoms with Crippen LogP contribution in [0.3, 0.4) is 0 Å². The number of rotatable bonds is 4. The number of carbonyl (C=O) groups is 2. The molecule has 1 rings (SSSR count). The van der Waals surface area contributed by atoms with Crippen molar-refractivity contribution in [3.8, 4) is 0 Å². The van der Waals surface area contributed by atoms with E-state index >= 15 is 0 Å². The molecule has 0 heterocycles. The molecule has 21 heavy (non-hydrogen) atoms. The highest BCUT2D eigenvalue weighted by atomic mass is 19.4. The molecule has 0 aliphatic heterocycles. The van der Waals surface area contributed by atoms with E-state index in [1.54, 1.807) is 0 Å². The van der Waals surface area contributed by atoms with Crippen molar-refractivity contribution in [2.45, 2.75) is 26.1 Å². The van der Waals surface area contributed by atoms with E-state index in [9.17, 15) is 22.8 Å². The van der Waals surface area contributed by atoms with E-state index in [1.807, 2.05) is 0 Å². The molecule has 0 bridgehead atoms. The molecule has 1 atom stereocenters. The van der Waals surface area contributed by atoms with Gasteiger partial charge in [0, 0.05) is 19.7 Å². The van der Waals surface area contributed by atoms with Crippen molar-refractivity contribution in [2.75, 3.05) is 17.7 Å². The Morgan fingerprint density at radius 3 is 2.33 bits per heavy atom. The van der Waals surface area contributed by atoms with E-state index in [2.05, 4.69) is 10.6 Å². The van der Waals surface area contributed by atoms with Crippen LogP contribution in [-0.2, 0) is 20.5 Å². The van der Waals surface area contributed by atoms with Crippen molar-refractivity contribution in [2.24, 2.45) is 0 Å². The summed E-state index contributed by atoms with van der Waals surface area (Å²) in [5, 5.41) is 4.41. The van der Waals surface area contributed by atoms with Crippen molar-refractivity contribution < 1.29 is 27.5 Å². The van der Waals surface area contributed by atoms with Gasteiger partial charge in [-0.05, 0) is 25.1 Å². The van der Waals surface area contributed by atoms with Crippen molar-refractivity contribution >= 4 is 23.2 Å². The molecular weight excluding hydrogens is 289 g/mol. The van der Waals surface area contributed by atoms with Gasteiger partial charge in [0.1, 0.15) is 6.10 Å². The second-order valence-corrected chi connectivity index (χ2v) is 4.31. The van der Waals surface area contributed by atoms with Gasteiger partial charge in [0.2, 0.25) is 5.91 Å². The SMILES string of the molecule is COC(C)C(=O)Nc1ccc(NC(C)=O)cc1C(F)(F)F. The lowest BCUT2D eigenvalue weighted by atomic mass is 10.1. The molecule has 0 aromatic heterocycles. The van der Waals surface area contributed by atoms with Crippen LogP contribution in [0.25, 0.3) is 0 Å². The number of carbonyl (C=O) groups excluding carboxylic acids is 2.